The highest BCUT2D eigenvalue weighted by atomic mass is 35.5. The molecular weight excluding hydrogens is 312 g/mol. The Labute approximate surface area is 127 Å². The first-order valence-corrected chi connectivity index (χ1v) is 7.68. The van der Waals surface area contributed by atoms with Gasteiger partial charge in [-0.3, -0.25) is 4.72 Å². The summed E-state index contributed by atoms with van der Waals surface area (Å²) in [7, 11) is -2.14. The zero-order chi connectivity index (χ0) is 15.5. The summed E-state index contributed by atoms with van der Waals surface area (Å²) in [6, 6.07) is 9.02. The molecule has 6 nitrogen and oxygen atoms in total. The number of hydrogen-bond acceptors (Lipinski definition) is 5. The molecule has 1 aromatic carbocycles. The molecule has 2 rings (SSSR count). The average Bonchev–Trinajstić information content (AvgIpc) is 2.49. The maximum absolute atomic E-state index is 12.3. The Morgan fingerprint density at radius 3 is 2.67 bits per heavy atom. The van der Waals surface area contributed by atoms with Crippen LogP contribution in [-0.4, -0.2) is 20.4 Å². The van der Waals surface area contributed by atoms with Gasteiger partial charge in [0.25, 0.3) is 10.0 Å². The average molecular weight is 323 g/mol. The molecule has 0 atom stereocenters. The normalized spacial score (nSPS) is 10.7. The maximum atomic E-state index is 12.3. The number of benzene rings is 1. The molecule has 0 aliphatic heterocycles. The number of anilines is 2. The van der Waals surface area contributed by atoms with Crippen LogP contribution in [0.5, 0.6) is 0 Å². The van der Waals surface area contributed by atoms with Crippen LogP contribution in [-0.2, 0) is 10.0 Å². The predicted molar refractivity (Wildman–Crippen MR) is 80.8 cm³/mol. The fraction of sp³-hybridized carbons (Fsp3) is 0.0769. The molecule has 1 heterocycles. The molecule has 0 saturated carbocycles. The second-order valence-corrected chi connectivity index (χ2v) is 6.13. The summed E-state index contributed by atoms with van der Waals surface area (Å²) in [5, 5.41) is 11.7. The van der Waals surface area contributed by atoms with Crippen molar-refractivity contribution in [2.24, 2.45) is 0 Å². The van der Waals surface area contributed by atoms with Crippen LogP contribution in [0, 0.1) is 11.3 Å². The molecule has 0 saturated heterocycles. The fourth-order valence-electron chi connectivity index (χ4n) is 1.59. The summed E-state index contributed by atoms with van der Waals surface area (Å²) in [6.07, 6.45) is 1.39. The van der Waals surface area contributed by atoms with E-state index in [1.807, 2.05) is 6.07 Å². The van der Waals surface area contributed by atoms with E-state index in [2.05, 4.69) is 15.0 Å². The van der Waals surface area contributed by atoms with E-state index < -0.39 is 10.0 Å². The topological polar surface area (TPSA) is 94.9 Å². The minimum Gasteiger partial charge on any atom is -0.373 e. The number of sulfonamides is 1. The largest absolute Gasteiger partial charge is 0.373 e. The van der Waals surface area contributed by atoms with Gasteiger partial charge in [0, 0.05) is 19.3 Å². The van der Waals surface area contributed by atoms with Gasteiger partial charge in [-0.2, -0.15) is 5.26 Å². The summed E-state index contributed by atoms with van der Waals surface area (Å²) in [6.45, 7) is 0. The van der Waals surface area contributed by atoms with Crippen LogP contribution in [0.25, 0.3) is 0 Å². The molecule has 0 radical (unpaired) electrons. The van der Waals surface area contributed by atoms with Crippen LogP contribution >= 0.6 is 11.6 Å². The molecule has 0 unspecified atom stereocenters. The van der Waals surface area contributed by atoms with Crippen molar-refractivity contribution in [2.45, 2.75) is 4.90 Å². The van der Waals surface area contributed by atoms with Gasteiger partial charge in [0.15, 0.2) is 0 Å². The summed E-state index contributed by atoms with van der Waals surface area (Å²) in [4.78, 5) is 4.01. The standard InChI is InChI=1S/C13H11ClN4O2S/c1-16-13-7-10(4-5-17-13)21(19,20)18-12-3-2-9(8-15)6-11(12)14/h2-7,18H,1H3,(H,16,17). The Balaban J connectivity index is 2.35. The number of rotatable bonds is 4. The number of aromatic nitrogens is 1. The van der Waals surface area contributed by atoms with Crippen molar-refractivity contribution in [1.29, 1.82) is 5.26 Å². The van der Waals surface area contributed by atoms with Gasteiger partial charge in [-0.05, 0) is 24.3 Å². The summed E-state index contributed by atoms with van der Waals surface area (Å²) in [5.41, 5.74) is 0.558. The van der Waals surface area contributed by atoms with E-state index in [0.29, 0.717) is 11.4 Å². The molecule has 0 fully saturated rings. The number of hydrogen-bond donors (Lipinski definition) is 2. The van der Waals surface area contributed by atoms with Crippen LogP contribution in [0.15, 0.2) is 41.4 Å². The van der Waals surface area contributed by atoms with Gasteiger partial charge in [-0.1, -0.05) is 11.6 Å². The van der Waals surface area contributed by atoms with Crippen molar-refractivity contribution < 1.29 is 8.42 Å². The van der Waals surface area contributed by atoms with Gasteiger partial charge in [0.05, 0.1) is 27.2 Å². The predicted octanol–water partition coefficient (Wildman–Crippen LogP) is 2.45. The van der Waals surface area contributed by atoms with Gasteiger partial charge in [0.2, 0.25) is 0 Å². The highest BCUT2D eigenvalue weighted by Gasteiger charge is 2.16. The third kappa shape index (κ3) is 3.42. The molecule has 0 bridgehead atoms. The molecule has 108 valence electrons. The monoisotopic (exact) mass is 322 g/mol. The van der Waals surface area contributed by atoms with E-state index >= 15 is 0 Å². The van der Waals surface area contributed by atoms with Crippen molar-refractivity contribution in [3.05, 3.63) is 47.1 Å². The van der Waals surface area contributed by atoms with Gasteiger partial charge in [-0.15, -0.1) is 0 Å². The lowest BCUT2D eigenvalue weighted by atomic mass is 10.2. The first-order valence-electron chi connectivity index (χ1n) is 5.82. The zero-order valence-corrected chi connectivity index (χ0v) is 12.5. The Morgan fingerprint density at radius 2 is 2.05 bits per heavy atom. The molecule has 21 heavy (non-hydrogen) atoms. The summed E-state index contributed by atoms with van der Waals surface area (Å²) in [5.74, 6) is 0.434. The molecular formula is C13H11ClN4O2S. The molecule has 2 aromatic rings. The molecule has 0 aliphatic rings. The molecule has 1 aromatic heterocycles. The lowest BCUT2D eigenvalue weighted by Gasteiger charge is -2.10. The smallest absolute Gasteiger partial charge is 0.262 e. The molecule has 0 amide bonds. The summed E-state index contributed by atoms with van der Waals surface area (Å²) < 4.78 is 27.0. The minimum atomic E-state index is -3.79. The third-order valence-corrected chi connectivity index (χ3v) is 4.32. The van der Waals surface area contributed by atoms with Crippen LogP contribution in [0.1, 0.15) is 5.56 Å². The molecule has 0 aliphatic carbocycles. The first kappa shape index (κ1) is 15.1. The number of nitrogens with zero attached hydrogens (tertiary/aromatic N) is 2. The van der Waals surface area contributed by atoms with Gasteiger partial charge < -0.3 is 5.32 Å². The molecule has 0 spiro atoms. The van der Waals surface area contributed by atoms with Crippen LogP contribution in [0.2, 0.25) is 5.02 Å². The van der Waals surface area contributed by atoms with Crippen molar-refractivity contribution in [1.82, 2.24) is 4.98 Å². The number of pyridine rings is 1. The highest BCUT2D eigenvalue weighted by molar-refractivity contribution is 7.92. The van der Waals surface area contributed by atoms with E-state index in [-0.39, 0.29) is 15.6 Å². The van der Waals surface area contributed by atoms with Crippen LogP contribution in [0.4, 0.5) is 11.5 Å². The van der Waals surface area contributed by atoms with Crippen molar-refractivity contribution in [3.8, 4) is 6.07 Å². The van der Waals surface area contributed by atoms with Gasteiger partial charge >= 0.3 is 0 Å². The van der Waals surface area contributed by atoms with E-state index in [9.17, 15) is 8.42 Å². The van der Waals surface area contributed by atoms with Crippen LogP contribution < -0.4 is 10.0 Å². The second-order valence-electron chi connectivity index (χ2n) is 4.04. The Kier molecular flexibility index (Phi) is 4.31. The van der Waals surface area contributed by atoms with E-state index in [1.165, 1.54) is 36.5 Å². The van der Waals surface area contributed by atoms with E-state index in [1.54, 1.807) is 7.05 Å². The van der Waals surface area contributed by atoms with Crippen molar-refractivity contribution >= 4 is 33.1 Å². The Morgan fingerprint density at radius 1 is 1.29 bits per heavy atom. The number of nitriles is 1. The quantitative estimate of drug-likeness (QED) is 0.901. The minimum absolute atomic E-state index is 0.0577. The van der Waals surface area contributed by atoms with Gasteiger partial charge in [0.1, 0.15) is 5.82 Å². The third-order valence-electron chi connectivity index (χ3n) is 2.64. The zero-order valence-electron chi connectivity index (χ0n) is 11.0. The first-order chi connectivity index (χ1) is 9.96. The Hall–Kier alpha value is -2.30. The highest BCUT2D eigenvalue weighted by Crippen LogP contribution is 2.25. The van der Waals surface area contributed by atoms with Crippen LogP contribution in [0.3, 0.4) is 0 Å². The summed E-state index contributed by atoms with van der Waals surface area (Å²) >= 11 is 5.96. The van der Waals surface area contributed by atoms with Gasteiger partial charge in [-0.25, -0.2) is 13.4 Å². The SMILES string of the molecule is CNc1cc(S(=O)(=O)Nc2ccc(C#N)cc2Cl)ccn1. The second kappa shape index (κ2) is 5.99. The number of nitrogens with one attached hydrogen (secondary N) is 2. The lowest BCUT2D eigenvalue weighted by Crippen LogP contribution is -2.13. The van der Waals surface area contributed by atoms with E-state index in [4.69, 9.17) is 16.9 Å². The maximum Gasteiger partial charge on any atom is 0.262 e. The van der Waals surface area contributed by atoms with Crippen molar-refractivity contribution in [2.75, 3.05) is 17.1 Å². The number of halogens is 1. The van der Waals surface area contributed by atoms with E-state index in [0.717, 1.165) is 0 Å². The Bertz CT molecular complexity index is 815. The fourth-order valence-corrected chi connectivity index (χ4v) is 2.96. The van der Waals surface area contributed by atoms with Crippen molar-refractivity contribution in [3.63, 3.8) is 0 Å². The molecule has 8 heteroatoms. The molecule has 2 N–H and O–H groups in total. The lowest BCUT2D eigenvalue weighted by molar-refractivity contribution is 0.601.